The molecule has 3 heterocycles. The molecule has 5 nitrogen and oxygen atoms in total. The predicted octanol–water partition coefficient (Wildman–Crippen LogP) is 3.45. The summed E-state index contributed by atoms with van der Waals surface area (Å²) in [4.78, 5) is 10.3. The monoisotopic (exact) mass is 339 g/mol. The Balaban J connectivity index is 1.67. The molecular weight excluding hydrogens is 310 g/mol. The Morgan fingerprint density at radius 2 is 1.36 bits per heavy atom. The molecule has 4 rings (SSSR count). The average molecular weight is 339 g/mol. The molecule has 0 radical (unpaired) electrons. The predicted molar refractivity (Wildman–Crippen MR) is 100 cm³/mol. The Hall–Kier alpha value is -1.72. The van der Waals surface area contributed by atoms with Crippen LogP contribution in [-0.4, -0.2) is 50.7 Å². The standard InChI is InChI=1S/C20H29N5/c1-23-19(21-18(22-23)17-11-5-2-6-12-17)20(24-13-7-3-8-14-24)25-15-9-4-10-16-25/h2,5-6,11-12,20H,3-4,7-10,13-16H2,1H3. The van der Waals surface area contributed by atoms with Crippen LogP contribution in [0.1, 0.15) is 50.5 Å². The third kappa shape index (κ3) is 3.62. The third-order valence-electron chi connectivity index (χ3n) is 5.53. The van der Waals surface area contributed by atoms with Crippen molar-refractivity contribution in [3.8, 4) is 11.4 Å². The van der Waals surface area contributed by atoms with E-state index in [1.165, 1.54) is 64.7 Å². The highest BCUT2D eigenvalue weighted by molar-refractivity contribution is 5.54. The van der Waals surface area contributed by atoms with Crippen molar-refractivity contribution in [1.82, 2.24) is 24.6 Å². The van der Waals surface area contributed by atoms with E-state index in [-0.39, 0.29) is 6.17 Å². The van der Waals surface area contributed by atoms with Crippen molar-refractivity contribution in [3.05, 3.63) is 36.2 Å². The number of aromatic nitrogens is 3. The molecule has 0 spiro atoms. The van der Waals surface area contributed by atoms with Gasteiger partial charge in [-0.3, -0.25) is 9.80 Å². The zero-order valence-electron chi connectivity index (χ0n) is 15.3. The molecular formula is C20H29N5. The number of benzene rings is 1. The quantitative estimate of drug-likeness (QED) is 0.855. The van der Waals surface area contributed by atoms with Crippen LogP contribution < -0.4 is 0 Å². The minimum Gasteiger partial charge on any atom is -0.281 e. The number of nitrogens with zero attached hydrogens (tertiary/aromatic N) is 5. The highest BCUT2D eigenvalue weighted by Crippen LogP contribution is 2.30. The fourth-order valence-corrected chi connectivity index (χ4v) is 4.21. The van der Waals surface area contributed by atoms with E-state index in [9.17, 15) is 0 Å². The van der Waals surface area contributed by atoms with Crippen LogP contribution in [-0.2, 0) is 7.05 Å². The molecule has 1 aromatic carbocycles. The molecule has 2 saturated heterocycles. The Kier molecular flexibility index (Phi) is 5.13. The largest absolute Gasteiger partial charge is 0.281 e. The van der Waals surface area contributed by atoms with Crippen molar-refractivity contribution < 1.29 is 0 Å². The lowest BCUT2D eigenvalue weighted by atomic mass is 10.1. The van der Waals surface area contributed by atoms with Crippen molar-refractivity contribution in [2.45, 2.75) is 44.7 Å². The Bertz CT molecular complexity index is 651. The molecule has 5 heteroatoms. The number of hydrogen-bond donors (Lipinski definition) is 0. The second kappa shape index (κ2) is 7.67. The van der Waals surface area contributed by atoms with E-state index in [0.717, 1.165) is 17.2 Å². The van der Waals surface area contributed by atoms with Crippen LogP contribution in [0.4, 0.5) is 0 Å². The van der Waals surface area contributed by atoms with Crippen LogP contribution in [0.2, 0.25) is 0 Å². The van der Waals surface area contributed by atoms with E-state index in [1.807, 2.05) is 10.7 Å². The molecule has 0 N–H and O–H groups in total. The lowest BCUT2D eigenvalue weighted by Gasteiger charge is -2.42. The SMILES string of the molecule is Cn1nc(-c2ccccc2)nc1C(N1CCCCC1)N1CCCCC1. The van der Waals surface area contributed by atoms with Gasteiger partial charge in [0.15, 0.2) is 11.6 Å². The molecule has 134 valence electrons. The van der Waals surface area contributed by atoms with Gasteiger partial charge < -0.3 is 0 Å². The van der Waals surface area contributed by atoms with Crippen molar-refractivity contribution in [2.75, 3.05) is 26.2 Å². The van der Waals surface area contributed by atoms with E-state index in [4.69, 9.17) is 10.1 Å². The summed E-state index contributed by atoms with van der Waals surface area (Å²) >= 11 is 0. The van der Waals surface area contributed by atoms with Crippen molar-refractivity contribution >= 4 is 0 Å². The fraction of sp³-hybridized carbons (Fsp3) is 0.600. The molecule has 2 aliphatic heterocycles. The van der Waals surface area contributed by atoms with Crippen LogP contribution in [0.15, 0.2) is 30.3 Å². The lowest BCUT2D eigenvalue weighted by Crippen LogP contribution is -2.46. The zero-order valence-corrected chi connectivity index (χ0v) is 15.3. The smallest absolute Gasteiger partial charge is 0.181 e. The fourth-order valence-electron chi connectivity index (χ4n) is 4.21. The molecule has 0 bridgehead atoms. The minimum atomic E-state index is 0.274. The van der Waals surface area contributed by atoms with Gasteiger partial charge in [-0.25, -0.2) is 9.67 Å². The van der Waals surface area contributed by atoms with E-state index in [2.05, 4.69) is 41.1 Å². The lowest BCUT2D eigenvalue weighted by molar-refractivity contribution is 0.00799. The highest BCUT2D eigenvalue weighted by Gasteiger charge is 2.32. The van der Waals surface area contributed by atoms with E-state index < -0.39 is 0 Å². The maximum absolute atomic E-state index is 5.00. The van der Waals surface area contributed by atoms with Crippen LogP contribution in [0.25, 0.3) is 11.4 Å². The van der Waals surface area contributed by atoms with E-state index in [0.29, 0.717) is 0 Å². The topological polar surface area (TPSA) is 37.2 Å². The molecule has 0 amide bonds. The highest BCUT2D eigenvalue weighted by atomic mass is 15.4. The van der Waals surface area contributed by atoms with Gasteiger partial charge in [-0.15, -0.1) is 0 Å². The van der Waals surface area contributed by atoms with Gasteiger partial charge in [0.2, 0.25) is 0 Å². The Labute approximate surface area is 150 Å². The number of rotatable bonds is 4. The van der Waals surface area contributed by atoms with Gasteiger partial charge >= 0.3 is 0 Å². The maximum Gasteiger partial charge on any atom is 0.181 e. The third-order valence-corrected chi connectivity index (χ3v) is 5.53. The van der Waals surface area contributed by atoms with Gasteiger partial charge in [0, 0.05) is 38.8 Å². The molecule has 2 fully saturated rings. The average Bonchev–Trinajstić information content (AvgIpc) is 3.06. The van der Waals surface area contributed by atoms with Gasteiger partial charge in [-0.1, -0.05) is 43.2 Å². The van der Waals surface area contributed by atoms with E-state index >= 15 is 0 Å². The second-order valence-electron chi connectivity index (χ2n) is 7.35. The summed E-state index contributed by atoms with van der Waals surface area (Å²) in [6.07, 6.45) is 8.19. The van der Waals surface area contributed by atoms with Gasteiger partial charge in [0.1, 0.15) is 6.17 Å². The normalized spacial score (nSPS) is 20.2. The zero-order chi connectivity index (χ0) is 17.1. The summed E-state index contributed by atoms with van der Waals surface area (Å²) in [6, 6.07) is 10.3. The molecule has 1 aromatic heterocycles. The van der Waals surface area contributed by atoms with Gasteiger partial charge in [-0.05, 0) is 25.7 Å². The Morgan fingerprint density at radius 3 is 1.92 bits per heavy atom. The van der Waals surface area contributed by atoms with Gasteiger partial charge in [0.05, 0.1) is 0 Å². The van der Waals surface area contributed by atoms with Gasteiger partial charge in [-0.2, -0.15) is 5.10 Å². The second-order valence-corrected chi connectivity index (χ2v) is 7.35. The van der Waals surface area contributed by atoms with Crippen molar-refractivity contribution in [3.63, 3.8) is 0 Å². The number of piperidine rings is 2. The number of hydrogen-bond acceptors (Lipinski definition) is 4. The van der Waals surface area contributed by atoms with Crippen molar-refractivity contribution in [1.29, 1.82) is 0 Å². The van der Waals surface area contributed by atoms with Gasteiger partial charge in [0.25, 0.3) is 0 Å². The first kappa shape index (κ1) is 16.7. The first-order valence-corrected chi connectivity index (χ1v) is 9.77. The summed E-state index contributed by atoms with van der Waals surface area (Å²) < 4.78 is 2.01. The first-order chi connectivity index (χ1) is 12.3. The Morgan fingerprint density at radius 1 is 0.800 bits per heavy atom. The molecule has 0 aliphatic carbocycles. The van der Waals surface area contributed by atoms with Crippen LogP contribution >= 0.6 is 0 Å². The summed E-state index contributed by atoms with van der Waals surface area (Å²) in [7, 11) is 2.05. The minimum absolute atomic E-state index is 0.274. The van der Waals surface area contributed by atoms with Crippen LogP contribution in [0, 0.1) is 0 Å². The molecule has 0 unspecified atom stereocenters. The van der Waals surface area contributed by atoms with Crippen molar-refractivity contribution in [2.24, 2.45) is 7.05 Å². The molecule has 0 saturated carbocycles. The summed E-state index contributed by atoms with van der Waals surface area (Å²) in [5.41, 5.74) is 1.10. The molecule has 0 atom stereocenters. The maximum atomic E-state index is 5.00. The summed E-state index contributed by atoms with van der Waals surface area (Å²) in [5, 5.41) is 4.74. The molecule has 2 aromatic rings. The molecule has 25 heavy (non-hydrogen) atoms. The molecule has 2 aliphatic rings. The number of likely N-dealkylation sites (tertiary alicyclic amines) is 2. The number of aryl methyl sites for hydroxylation is 1. The first-order valence-electron chi connectivity index (χ1n) is 9.77. The summed E-state index contributed by atoms with van der Waals surface area (Å²) in [6.45, 7) is 4.70. The summed E-state index contributed by atoms with van der Waals surface area (Å²) in [5.74, 6) is 1.94. The van der Waals surface area contributed by atoms with Crippen LogP contribution in [0.3, 0.4) is 0 Å². The van der Waals surface area contributed by atoms with Crippen LogP contribution in [0.5, 0.6) is 0 Å². The van der Waals surface area contributed by atoms with E-state index in [1.54, 1.807) is 0 Å².